The largest absolute Gasteiger partial charge is 0.505 e. The predicted octanol–water partition coefficient (Wildman–Crippen LogP) is 6.37. The number of hydrogen-bond donors (Lipinski definition) is 6. The Balaban J connectivity index is 0.984. The third-order valence-electron chi connectivity index (χ3n) is 12.4. The number of anilines is 6. The minimum atomic E-state index is -0.750. The van der Waals surface area contributed by atoms with Crippen LogP contribution >= 0.6 is 0 Å². The Morgan fingerprint density at radius 2 is 1.21 bits per heavy atom. The predicted molar refractivity (Wildman–Crippen MR) is 240 cm³/mol. The minimum absolute atomic E-state index is 0.000162. The maximum atomic E-state index is 14.0. The molecule has 6 N–H and O–H groups in total. The first-order chi connectivity index (χ1) is 29.6. The first kappa shape index (κ1) is 41.5. The van der Waals surface area contributed by atoms with Gasteiger partial charge in [-0.15, -0.1) is 0 Å². The zero-order chi connectivity index (χ0) is 44.2. The molecule has 0 aromatic heterocycles. The highest BCUT2D eigenvalue weighted by molar-refractivity contribution is 6.00. The summed E-state index contributed by atoms with van der Waals surface area (Å²) in [6, 6.07) is 22.4. The van der Waals surface area contributed by atoms with Crippen LogP contribution in [0.4, 0.5) is 34.1 Å². The van der Waals surface area contributed by atoms with E-state index in [2.05, 4.69) is 41.2 Å². The molecule has 0 radical (unpaired) electrons. The lowest BCUT2D eigenvalue weighted by Crippen LogP contribution is -2.41. The van der Waals surface area contributed by atoms with E-state index in [9.17, 15) is 39.0 Å². The van der Waals surface area contributed by atoms with Crippen molar-refractivity contribution >= 4 is 45.9 Å². The van der Waals surface area contributed by atoms with E-state index < -0.39 is 33.5 Å². The second-order valence-corrected chi connectivity index (χ2v) is 17.2. The Morgan fingerprint density at radius 1 is 0.661 bits per heavy atom. The summed E-state index contributed by atoms with van der Waals surface area (Å²) in [5.41, 5.74) is 2.44. The smallest absolute Gasteiger partial charge is 0.257 e. The summed E-state index contributed by atoms with van der Waals surface area (Å²) in [4.78, 5) is 80.9. The van der Waals surface area contributed by atoms with Gasteiger partial charge in [-0.05, 0) is 89.6 Å². The molecule has 0 bridgehead atoms. The van der Waals surface area contributed by atoms with Crippen molar-refractivity contribution in [1.82, 2.24) is 9.80 Å². The van der Waals surface area contributed by atoms with Crippen molar-refractivity contribution in [2.24, 2.45) is 5.41 Å². The van der Waals surface area contributed by atoms with Crippen molar-refractivity contribution in [2.45, 2.75) is 64.6 Å². The van der Waals surface area contributed by atoms with Crippen LogP contribution < -0.4 is 43.0 Å². The molecular weight excluding hydrogens is 789 g/mol. The van der Waals surface area contributed by atoms with Crippen LogP contribution in [0.25, 0.3) is 0 Å². The van der Waals surface area contributed by atoms with Gasteiger partial charge in [0.25, 0.3) is 33.5 Å². The van der Waals surface area contributed by atoms with Crippen molar-refractivity contribution in [1.29, 1.82) is 0 Å². The van der Waals surface area contributed by atoms with E-state index in [1.54, 1.807) is 33.3 Å². The van der Waals surface area contributed by atoms with Gasteiger partial charge in [-0.1, -0.05) is 68.4 Å². The third-order valence-corrected chi connectivity index (χ3v) is 12.4. The van der Waals surface area contributed by atoms with Gasteiger partial charge in [-0.25, -0.2) is 0 Å². The number of hydrogen-bond acceptors (Lipinski definition) is 12. The van der Waals surface area contributed by atoms with Crippen molar-refractivity contribution in [3.05, 3.63) is 159 Å². The number of nitrogens with one attached hydrogen (secondary N) is 4. The van der Waals surface area contributed by atoms with E-state index in [0.29, 0.717) is 12.8 Å². The SMILES string of the molecule is CN(C)C(=O)c1cccc(Nc2c(N[C@@H]3CCCc4c(CN(C)C(=O)c5cccc(Nc6c(NC7c8ccccc8CCC7(C)C)c(=O)c6=O)c5O)cccc43)c(=O)c2=O)c1O. The lowest BCUT2D eigenvalue weighted by Gasteiger charge is -2.41. The molecule has 14 heteroatoms. The van der Waals surface area contributed by atoms with E-state index >= 15 is 0 Å². The van der Waals surface area contributed by atoms with Gasteiger partial charge in [0.2, 0.25) is 0 Å². The summed E-state index contributed by atoms with van der Waals surface area (Å²) >= 11 is 0. The molecule has 14 nitrogen and oxygen atoms in total. The van der Waals surface area contributed by atoms with E-state index in [1.165, 1.54) is 39.6 Å². The van der Waals surface area contributed by atoms with Gasteiger partial charge in [0.15, 0.2) is 11.5 Å². The number of rotatable bonds is 12. The van der Waals surface area contributed by atoms with Crippen LogP contribution in [0, 0.1) is 5.41 Å². The van der Waals surface area contributed by atoms with Gasteiger partial charge >= 0.3 is 0 Å². The lowest BCUT2D eigenvalue weighted by molar-refractivity contribution is 0.0780. The molecule has 6 aromatic rings. The number of benzene rings is 4. The first-order valence-electron chi connectivity index (χ1n) is 20.6. The Labute approximate surface area is 357 Å². The van der Waals surface area contributed by atoms with Crippen LogP contribution in [0.15, 0.2) is 98.0 Å². The standard InChI is InChI=1S/C48H48N6O8/c1-48(2)23-22-25-12-6-7-14-28(25)45(48)52-38-37(43(59)44(38)60)51-34-21-11-18-31(40(34)56)47(62)54(5)24-26-13-8-16-29-27(26)15-9-19-32(29)49-35-36(42(58)41(35)57)50-33-20-10-17-30(39(33)55)46(61)53(3)4/h6-8,10-14,16-18,20-21,32,45,49-52,55-56H,9,15,19,22-24H2,1-5H3/t32-,45?/m1/s1. The quantitative estimate of drug-likeness (QED) is 0.0590. The molecule has 0 saturated carbocycles. The molecule has 0 fully saturated rings. The number of carbonyl (C=O) groups excluding carboxylic acids is 2. The Hall–Kier alpha value is -7.22. The topological polar surface area (TPSA) is 197 Å². The number of fused-ring (bicyclic) bond motifs is 2. The number of aromatic hydroxyl groups is 2. The number of aryl methyl sites for hydroxylation is 1. The molecule has 2 amide bonds. The molecule has 6 aromatic carbocycles. The first-order valence-corrected chi connectivity index (χ1v) is 20.6. The molecular formula is C48H48N6O8. The molecule has 2 atom stereocenters. The lowest BCUT2D eigenvalue weighted by atomic mass is 9.70. The number of para-hydroxylation sites is 2. The van der Waals surface area contributed by atoms with E-state index in [-0.39, 0.29) is 80.8 Å². The van der Waals surface area contributed by atoms with Crippen molar-refractivity contribution in [3.63, 3.8) is 0 Å². The van der Waals surface area contributed by atoms with E-state index in [1.807, 2.05) is 36.4 Å². The Bertz CT molecular complexity index is 2920. The van der Waals surface area contributed by atoms with E-state index in [4.69, 9.17) is 0 Å². The number of carbonyl (C=O) groups is 2. The minimum Gasteiger partial charge on any atom is -0.505 e. The monoisotopic (exact) mass is 836 g/mol. The van der Waals surface area contributed by atoms with Gasteiger partial charge in [0.05, 0.1) is 34.6 Å². The maximum absolute atomic E-state index is 14.0. The number of nitrogens with zero attached hydrogens (tertiary/aromatic N) is 2. The molecule has 1 unspecified atom stereocenters. The zero-order valence-electron chi connectivity index (χ0n) is 35.1. The molecule has 62 heavy (non-hydrogen) atoms. The highest BCUT2D eigenvalue weighted by Crippen LogP contribution is 2.46. The van der Waals surface area contributed by atoms with Crippen molar-refractivity contribution in [3.8, 4) is 11.5 Å². The molecule has 0 aliphatic heterocycles. The second kappa shape index (κ2) is 16.0. The summed E-state index contributed by atoms with van der Waals surface area (Å²) in [5, 5.41) is 34.7. The number of phenols is 2. The summed E-state index contributed by atoms with van der Waals surface area (Å²) in [7, 11) is 4.74. The average molecular weight is 837 g/mol. The van der Waals surface area contributed by atoms with Crippen LogP contribution in [0.5, 0.6) is 11.5 Å². The molecule has 0 saturated heterocycles. The second-order valence-electron chi connectivity index (χ2n) is 17.2. The summed E-state index contributed by atoms with van der Waals surface area (Å²) in [6.07, 6.45) is 3.90. The third kappa shape index (κ3) is 7.24. The fraction of sp³-hybridized carbons (Fsp3) is 0.292. The summed E-state index contributed by atoms with van der Waals surface area (Å²) < 4.78 is 0. The van der Waals surface area contributed by atoms with Gasteiger partial charge in [-0.3, -0.25) is 28.8 Å². The maximum Gasteiger partial charge on any atom is 0.257 e. The van der Waals surface area contributed by atoms with Crippen LogP contribution in [-0.4, -0.2) is 53.0 Å². The molecule has 2 aliphatic carbocycles. The van der Waals surface area contributed by atoms with Gasteiger partial charge < -0.3 is 41.3 Å². The Morgan fingerprint density at radius 3 is 1.84 bits per heavy atom. The highest BCUT2D eigenvalue weighted by Gasteiger charge is 2.38. The normalized spacial score (nSPS) is 16.5. The van der Waals surface area contributed by atoms with Crippen LogP contribution in [0.3, 0.4) is 0 Å². The van der Waals surface area contributed by atoms with Gasteiger partial charge in [-0.2, -0.15) is 0 Å². The Kier molecular flexibility index (Phi) is 10.7. The summed E-state index contributed by atoms with van der Waals surface area (Å²) in [6.45, 7) is 4.43. The van der Waals surface area contributed by atoms with Crippen LogP contribution in [0.2, 0.25) is 0 Å². The van der Waals surface area contributed by atoms with Crippen molar-refractivity contribution in [2.75, 3.05) is 42.4 Å². The number of amides is 2. The fourth-order valence-electron chi connectivity index (χ4n) is 8.85. The van der Waals surface area contributed by atoms with Crippen LogP contribution in [-0.2, 0) is 19.4 Å². The molecule has 2 aliphatic rings. The molecule has 318 valence electrons. The highest BCUT2D eigenvalue weighted by atomic mass is 16.3. The van der Waals surface area contributed by atoms with Gasteiger partial charge in [0.1, 0.15) is 22.7 Å². The molecule has 0 heterocycles. The molecule has 0 spiro atoms. The zero-order valence-corrected chi connectivity index (χ0v) is 35.1. The van der Waals surface area contributed by atoms with Gasteiger partial charge in [0, 0.05) is 27.7 Å². The van der Waals surface area contributed by atoms with Crippen molar-refractivity contribution < 1.29 is 19.8 Å². The molecule has 8 rings (SSSR count). The summed E-state index contributed by atoms with van der Waals surface area (Å²) in [5.74, 6) is -1.61. The van der Waals surface area contributed by atoms with E-state index in [0.717, 1.165) is 41.5 Å². The number of phenolic OH excluding ortho intramolecular Hbond substituents is 2. The fourth-order valence-corrected chi connectivity index (χ4v) is 8.85. The van der Waals surface area contributed by atoms with Crippen LogP contribution in [0.1, 0.15) is 93.7 Å². The average Bonchev–Trinajstić information content (AvgIpc) is 3.26.